The van der Waals surface area contributed by atoms with Crippen molar-refractivity contribution in [3.05, 3.63) is 64.4 Å². The number of nitrogens with zero attached hydrogens (tertiary/aromatic N) is 2. The summed E-state index contributed by atoms with van der Waals surface area (Å²) in [6, 6.07) is 14.9. The van der Waals surface area contributed by atoms with Crippen LogP contribution in [0.1, 0.15) is 5.56 Å². The van der Waals surface area contributed by atoms with Gasteiger partial charge in [0.2, 0.25) is 5.82 Å². The highest BCUT2D eigenvalue weighted by Gasteiger charge is 2.15. The molecule has 0 aliphatic heterocycles. The summed E-state index contributed by atoms with van der Waals surface area (Å²) in [6.45, 7) is 2.00. The molecule has 2 aromatic carbocycles. The van der Waals surface area contributed by atoms with Gasteiger partial charge in [0.15, 0.2) is 0 Å². The Hall–Kier alpha value is -3.41. The van der Waals surface area contributed by atoms with Gasteiger partial charge in [0.25, 0.3) is 11.4 Å². The van der Waals surface area contributed by atoms with Crippen LogP contribution in [0.4, 0.5) is 0 Å². The van der Waals surface area contributed by atoms with E-state index in [0.717, 1.165) is 22.0 Å². The smallest absolute Gasteiger partial charge is 0.259 e. The van der Waals surface area contributed by atoms with E-state index in [4.69, 9.17) is 9.26 Å². The van der Waals surface area contributed by atoms with E-state index in [2.05, 4.69) is 15.1 Å². The molecule has 0 amide bonds. The number of fused-ring (bicyclic) bond motifs is 1. The molecular weight excluding hydrogens is 318 g/mol. The summed E-state index contributed by atoms with van der Waals surface area (Å²) < 4.78 is 10.5. The molecule has 0 aliphatic carbocycles. The molecule has 4 rings (SSSR count). The predicted octanol–water partition coefficient (Wildman–Crippen LogP) is 3.56. The van der Waals surface area contributed by atoms with Crippen LogP contribution in [0.25, 0.3) is 33.7 Å². The van der Waals surface area contributed by atoms with E-state index in [1.807, 2.05) is 43.3 Å². The highest BCUT2D eigenvalue weighted by atomic mass is 16.5. The van der Waals surface area contributed by atoms with Crippen LogP contribution in [0.15, 0.2) is 57.8 Å². The minimum Gasteiger partial charge on any atom is -0.497 e. The first-order chi connectivity index (χ1) is 12.1. The van der Waals surface area contributed by atoms with Gasteiger partial charge in [0, 0.05) is 11.1 Å². The van der Waals surface area contributed by atoms with E-state index in [1.54, 1.807) is 19.2 Å². The van der Waals surface area contributed by atoms with Gasteiger partial charge in [-0.15, -0.1) is 0 Å². The summed E-state index contributed by atoms with van der Waals surface area (Å²) in [5.74, 6) is 1.27. The van der Waals surface area contributed by atoms with E-state index < -0.39 is 0 Å². The summed E-state index contributed by atoms with van der Waals surface area (Å²) in [7, 11) is 1.59. The Morgan fingerprint density at radius 3 is 2.84 bits per heavy atom. The summed E-state index contributed by atoms with van der Waals surface area (Å²) in [5.41, 5.74) is 2.73. The van der Waals surface area contributed by atoms with Crippen molar-refractivity contribution in [3.63, 3.8) is 0 Å². The molecule has 0 aliphatic rings. The Bertz CT molecular complexity index is 1130. The fourth-order valence-corrected chi connectivity index (χ4v) is 2.70. The number of hydrogen-bond donors (Lipinski definition) is 1. The highest BCUT2D eigenvalue weighted by molar-refractivity contribution is 5.83. The van der Waals surface area contributed by atoms with Crippen LogP contribution in [0.2, 0.25) is 0 Å². The fourth-order valence-electron chi connectivity index (χ4n) is 2.70. The summed E-state index contributed by atoms with van der Waals surface area (Å²) in [6.07, 6.45) is 0. The van der Waals surface area contributed by atoms with Gasteiger partial charge in [-0.1, -0.05) is 22.9 Å². The minimum absolute atomic E-state index is 0.252. The van der Waals surface area contributed by atoms with Crippen molar-refractivity contribution in [3.8, 4) is 28.6 Å². The molecule has 4 aromatic rings. The molecule has 0 fully saturated rings. The van der Waals surface area contributed by atoms with Gasteiger partial charge in [0.1, 0.15) is 5.75 Å². The number of H-pyrrole nitrogens is 1. The highest BCUT2D eigenvalue weighted by Crippen LogP contribution is 2.25. The van der Waals surface area contributed by atoms with Crippen molar-refractivity contribution in [2.75, 3.05) is 7.11 Å². The van der Waals surface area contributed by atoms with Gasteiger partial charge in [-0.2, -0.15) is 4.98 Å². The quantitative estimate of drug-likeness (QED) is 0.620. The van der Waals surface area contributed by atoms with Crippen LogP contribution < -0.4 is 10.3 Å². The Kier molecular flexibility index (Phi) is 3.57. The molecule has 0 atom stereocenters. The third-order valence-electron chi connectivity index (χ3n) is 3.98. The largest absolute Gasteiger partial charge is 0.497 e. The third kappa shape index (κ3) is 2.78. The van der Waals surface area contributed by atoms with Crippen molar-refractivity contribution in [2.24, 2.45) is 0 Å². The molecule has 0 saturated heterocycles. The average Bonchev–Trinajstić information content (AvgIpc) is 3.11. The number of aryl methyl sites for hydroxylation is 1. The summed E-state index contributed by atoms with van der Waals surface area (Å²) in [5, 5.41) is 4.88. The maximum absolute atomic E-state index is 12.4. The van der Waals surface area contributed by atoms with Gasteiger partial charge in [0.05, 0.1) is 12.7 Å². The molecule has 6 heteroatoms. The number of benzene rings is 2. The van der Waals surface area contributed by atoms with E-state index in [9.17, 15) is 4.79 Å². The molecule has 0 unspecified atom stereocenters. The first kappa shape index (κ1) is 15.1. The van der Waals surface area contributed by atoms with Gasteiger partial charge < -0.3 is 14.2 Å². The van der Waals surface area contributed by atoms with Crippen LogP contribution >= 0.6 is 0 Å². The molecule has 25 heavy (non-hydrogen) atoms. The van der Waals surface area contributed by atoms with Crippen molar-refractivity contribution < 1.29 is 9.26 Å². The van der Waals surface area contributed by atoms with Gasteiger partial charge in [-0.05, 0) is 48.7 Å². The maximum Gasteiger partial charge on any atom is 0.259 e. The molecule has 0 spiro atoms. The molecule has 0 saturated carbocycles. The number of aromatic amines is 1. The number of aromatic nitrogens is 3. The maximum atomic E-state index is 12.4. The van der Waals surface area contributed by atoms with Crippen LogP contribution in [0.3, 0.4) is 0 Å². The second kappa shape index (κ2) is 5.90. The first-order valence-electron chi connectivity index (χ1n) is 7.76. The molecule has 2 aromatic heterocycles. The van der Waals surface area contributed by atoms with Gasteiger partial charge in [-0.3, -0.25) is 4.79 Å². The van der Waals surface area contributed by atoms with E-state index >= 15 is 0 Å². The lowest BCUT2D eigenvalue weighted by Gasteiger charge is -2.01. The predicted molar refractivity (Wildman–Crippen MR) is 94.6 cm³/mol. The Labute approximate surface area is 143 Å². The van der Waals surface area contributed by atoms with Crippen molar-refractivity contribution in [1.82, 2.24) is 15.1 Å². The second-order valence-electron chi connectivity index (χ2n) is 5.76. The Morgan fingerprint density at radius 1 is 1.12 bits per heavy atom. The SMILES string of the molecule is COc1cccc(-c2nc(-c3cc4cc(C)ccc4[nH]c3=O)no2)c1. The van der Waals surface area contributed by atoms with Gasteiger partial charge >= 0.3 is 0 Å². The van der Waals surface area contributed by atoms with Gasteiger partial charge in [-0.25, -0.2) is 0 Å². The lowest BCUT2D eigenvalue weighted by molar-refractivity contribution is 0.413. The molecule has 2 heterocycles. The van der Waals surface area contributed by atoms with Crippen molar-refractivity contribution >= 4 is 10.9 Å². The normalized spacial score (nSPS) is 11.0. The number of nitrogens with one attached hydrogen (secondary N) is 1. The lowest BCUT2D eigenvalue weighted by Crippen LogP contribution is -2.09. The second-order valence-corrected chi connectivity index (χ2v) is 5.76. The number of hydrogen-bond acceptors (Lipinski definition) is 5. The minimum atomic E-state index is -0.255. The third-order valence-corrected chi connectivity index (χ3v) is 3.98. The Balaban J connectivity index is 1.80. The zero-order valence-corrected chi connectivity index (χ0v) is 13.7. The number of pyridine rings is 1. The van der Waals surface area contributed by atoms with Crippen molar-refractivity contribution in [2.45, 2.75) is 6.92 Å². The van der Waals surface area contributed by atoms with Crippen molar-refractivity contribution in [1.29, 1.82) is 0 Å². The molecule has 124 valence electrons. The van der Waals surface area contributed by atoms with Crippen LogP contribution in [0.5, 0.6) is 5.75 Å². The molecular formula is C19H15N3O3. The number of methoxy groups -OCH3 is 1. The zero-order chi connectivity index (χ0) is 17.4. The topological polar surface area (TPSA) is 81.0 Å². The number of rotatable bonds is 3. The molecule has 6 nitrogen and oxygen atoms in total. The zero-order valence-electron chi connectivity index (χ0n) is 13.7. The molecule has 1 N–H and O–H groups in total. The monoisotopic (exact) mass is 333 g/mol. The van der Waals surface area contributed by atoms with E-state index in [1.165, 1.54) is 0 Å². The van der Waals surface area contributed by atoms with E-state index in [0.29, 0.717) is 17.2 Å². The standard InChI is InChI=1S/C19H15N3O3/c1-11-6-7-16-13(8-11)10-15(18(23)20-16)17-21-19(25-22-17)12-4-3-5-14(9-12)24-2/h3-10H,1-2H3,(H,20,23). The van der Waals surface area contributed by atoms with Crippen LogP contribution in [0, 0.1) is 6.92 Å². The Morgan fingerprint density at radius 2 is 2.00 bits per heavy atom. The van der Waals surface area contributed by atoms with Crippen LogP contribution in [-0.4, -0.2) is 22.2 Å². The van der Waals surface area contributed by atoms with Crippen LogP contribution in [-0.2, 0) is 0 Å². The van der Waals surface area contributed by atoms with E-state index in [-0.39, 0.29) is 11.4 Å². The lowest BCUT2D eigenvalue weighted by atomic mass is 10.1. The molecule has 0 radical (unpaired) electrons. The summed E-state index contributed by atoms with van der Waals surface area (Å²) in [4.78, 5) is 19.6. The summed E-state index contributed by atoms with van der Waals surface area (Å²) >= 11 is 0. The first-order valence-corrected chi connectivity index (χ1v) is 7.76. The molecule has 0 bridgehead atoms. The fraction of sp³-hybridized carbons (Fsp3) is 0.105. The number of ether oxygens (including phenoxy) is 1. The average molecular weight is 333 g/mol.